The highest BCUT2D eigenvalue weighted by Gasteiger charge is 2.15. The molecule has 4 heteroatoms. The zero-order valence-corrected chi connectivity index (χ0v) is 11.9. The second-order valence-corrected chi connectivity index (χ2v) is 6.57. The summed E-state index contributed by atoms with van der Waals surface area (Å²) in [6.45, 7) is 9.96. The molecule has 100 valence electrons. The summed E-state index contributed by atoms with van der Waals surface area (Å²) in [7, 11) is -3.17. The Morgan fingerprint density at radius 3 is 2.39 bits per heavy atom. The molecule has 0 atom stereocenters. The minimum absolute atomic E-state index is 0.151. The van der Waals surface area contributed by atoms with E-state index < -0.39 is 9.84 Å². The Bertz CT molecular complexity index is 480. The van der Waals surface area contributed by atoms with Crippen LogP contribution in [0.1, 0.15) is 13.8 Å². The van der Waals surface area contributed by atoms with Crippen molar-refractivity contribution in [3.05, 3.63) is 42.5 Å². The Labute approximate surface area is 110 Å². The quantitative estimate of drug-likeness (QED) is 0.712. The Balaban J connectivity index is 2.64. The first kappa shape index (κ1) is 14.9. The van der Waals surface area contributed by atoms with E-state index in [1.54, 1.807) is 24.3 Å². The van der Waals surface area contributed by atoms with Gasteiger partial charge in [-0.3, -0.25) is 4.90 Å². The second kappa shape index (κ2) is 6.71. The fraction of sp³-hybridized carbons (Fsp3) is 0.429. The van der Waals surface area contributed by atoms with Crippen LogP contribution in [-0.2, 0) is 9.84 Å². The summed E-state index contributed by atoms with van der Waals surface area (Å²) in [5, 5.41) is 0. The molecule has 1 aromatic carbocycles. The maximum atomic E-state index is 12.1. The fourth-order valence-electron chi connectivity index (χ4n) is 1.73. The number of nitrogens with zero attached hydrogens (tertiary/aromatic N) is 1. The van der Waals surface area contributed by atoms with Gasteiger partial charge in [0, 0.05) is 13.1 Å². The van der Waals surface area contributed by atoms with E-state index in [0.29, 0.717) is 11.4 Å². The Morgan fingerprint density at radius 2 is 1.89 bits per heavy atom. The van der Waals surface area contributed by atoms with Crippen molar-refractivity contribution >= 4 is 9.84 Å². The predicted molar refractivity (Wildman–Crippen MR) is 75.4 cm³/mol. The minimum Gasteiger partial charge on any atom is -0.299 e. The van der Waals surface area contributed by atoms with Crippen LogP contribution in [0.25, 0.3) is 0 Å². The highest BCUT2D eigenvalue weighted by atomic mass is 32.2. The highest BCUT2D eigenvalue weighted by Crippen LogP contribution is 2.10. The molecule has 0 radical (unpaired) electrons. The largest absolute Gasteiger partial charge is 0.299 e. The molecule has 0 saturated heterocycles. The smallest absolute Gasteiger partial charge is 0.179 e. The average molecular weight is 267 g/mol. The van der Waals surface area contributed by atoms with E-state index in [1.165, 1.54) is 0 Å². The van der Waals surface area contributed by atoms with Crippen LogP contribution < -0.4 is 0 Å². The van der Waals surface area contributed by atoms with Crippen molar-refractivity contribution < 1.29 is 8.42 Å². The predicted octanol–water partition coefficient (Wildman–Crippen LogP) is 2.36. The summed E-state index contributed by atoms with van der Waals surface area (Å²) in [6.07, 6.45) is 0. The molecule has 3 nitrogen and oxygen atoms in total. The molecule has 1 rings (SSSR count). The summed E-state index contributed by atoms with van der Waals surface area (Å²) in [5.41, 5.74) is 1.05. The molecule has 0 aromatic heterocycles. The van der Waals surface area contributed by atoms with E-state index in [9.17, 15) is 8.42 Å². The average Bonchev–Trinajstić information content (AvgIpc) is 2.35. The van der Waals surface area contributed by atoms with Crippen LogP contribution >= 0.6 is 0 Å². The third kappa shape index (κ3) is 4.63. The SMILES string of the molecule is C=C(C)CN(CC)CCS(=O)(=O)c1ccccc1. The topological polar surface area (TPSA) is 37.4 Å². The summed E-state index contributed by atoms with van der Waals surface area (Å²) >= 11 is 0. The van der Waals surface area contributed by atoms with Crippen molar-refractivity contribution in [3.63, 3.8) is 0 Å². The highest BCUT2D eigenvalue weighted by molar-refractivity contribution is 7.91. The van der Waals surface area contributed by atoms with Crippen LogP contribution in [0.5, 0.6) is 0 Å². The van der Waals surface area contributed by atoms with Gasteiger partial charge in [0.2, 0.25) is 0 Å². The lowest BCUT2D eigenvalue weighted by molar-refractivity contribution is 0.330. The van der Waals surface area contributed by atoms with E-state index in [-0.39, 0.29) is 5.75 Å². The van der Waals surface area contributed by atoms with Gasteiger partial charge in [0.05, 0.1) is 10.6 Å². The molecule has 1 aromatic rings. The fourth-order valence-corrected chi connectivity index (χ4v) is 3.03. The molecule has 0 fully saturated rings. The zero-order chi connectivity index (χ0) is 13.6. The molecule has 0 aliphatic heterocycles. The van der Waals surface area contributed by atoms with Gasteiger partial charge >= 0.3 is 0 Å². The lowest BCUT2D eigenvalue weighted by Gasteiger charge is -2.20. The van der Waals surface area contributed by atoms with E-state index in [0.717, 1.165) is 18.7 Å². The number of benzene rings is 1. The molecule has 0 unspecified atom stereocenters. The first-order valence-corrected chi connectivity index (χ1v) is 7.75. The number of rotatable bonds is 7. The third-order valence-corrected chi connectivity index (χ3v) is 4.43. The molecule has 0 spiro atoms. The first-order valence-electron chi connectivity index (χ1n) is 6.10. The first-order chi connectivity index (χ1) is 8.45. The van der Waals surface area contributed by atoms with Gasteiger partial charge in [-0.2, -0.15) is 0 Å². The molecule has 0 aliphatic rings. The van der Waals surface area contributed by atoms with Crippen LogP contribution in [0.15, 0.2) is 47.4 Å². The van der Waals surface area contributed by atoms with E-state index in [2.05, 4.69) is 11.5 Å². The molecular weight excluding hydrogens is 246 g/mol. The number of hydrogen-bond donors (Lipinski definition) is 0. The second-order valence-electron chi connectivity index (χ2n) is 4.46. The molecule has 18 heavy (non-hydrogen) atoms. The summed E-state index contributed by atoms with van der Waals surface area (Å²) in [4.78, 5) is 2.49. The van der Waals surface area contributed by atoms with Crippen LogP contribution in [-0.4, -0.2) is 38.7 Å². The normalized spacial score (nSPS) is 11.7. The van der Waals surface area contributed by atoms with Crippen LogP contribution in [0, 0.1) is 0 Å². The molecule has 0 bridgehead atoms. The van der Waals surface area contributed by atoms with Crippen molar-refractivity contribution in [3.8, 4) is 0 Å². The zero-order valence-electron chi connectivity index (χ0n) is 11.1. The lowest BCUT2D eigenvalue weighted by atomic mass is 10.3. The Hall–Kier alpha value is -1.13. The molecular formula is C14H21NO2S. The van der Waals surface area contributed by atoms with Crippen molar-refractivity contribution in [2.24, 2.45) is 0 Å². The summed E-state index contributed by atoms with van der Waals surface area (Å²) in [6, 6.07) is 8.60. The van der Waals surface area contributed by atoms with Gasteiger partial charge in [-0.25, -0.2) is 8.42 Å². The lowest BCUT2D eigenvalue weighted by Crippen LogP contribution is -2.30. The summed E-state index contributed by atoms with van der Waals surface area (Å²) < 4.78 is 24.2. The van der Waals surface area contributed by atoms with Crippen molar-refractivity contribution in [2.45, 2.75) is 18.7 Å². The van der Waals surface area contributed by atoms with Gasteiger partial charge in [0.25, 0.3) is 0 Å². The van der Waals surface area contributed by atoms with Gasteiger partial charge in [-0.15, -0.1) is 0 Å². The van der Waals surface area contributed by atoms with E-state index in [1.807, 2.05) is 19.9 Å². The van der Waals surface area contributed by atoms with Crippen LogP contribution in [0.2, 0.25) is 0 Å². The maximum Gasteiger partial charge on any atom is 0.179 e. The summed E-state index contributed by atoms with van der Waals surface area (Å²) in [5.74, 6) is 0.151. The van der Waals surface area contributed by atoms with Crippen molar-refractivity contribution in [2.75, 3.05) is 25.4 Å². The van der Waals surface area contributed by atoms with Crippen LogP contribution in [0.3, 0.4) is 0 Å². The Morgan fingerprint density at radius 1 is 1.28 bits per heavy atom. The minimum atomic E-state index is -3.17. The molecule has 0 aliphatic carbocycles. The number of likely N-dealkylation sites (N-methyl/N-ethyl adjacent to an activating group) is 1. The van der Waals surface area contributed by atoms with Crippen molar-refractivity contribution in [1.29, 1.82) is 0 Å². The Kier molecular flexibility index (Phi) is 5.56. The third-order valence-electron chi connectivity index (χ3n) is 2.72. The van der Waals surface area contributed by atoms with Crippen molar-refractivity contribution in [1.82, 2.24) is 4.90 Å². The van der Waals surface area contributed by atoms with Gasteiger partial charge in [0.15, 0.2) is 9.84 Å². The van der Waals surface area contributed by atoms with E-state index in [4.69, 9.17) is 0 Å². The molecule has 0 N–H and O–H groups in total. The monoisotopic (exact) mass is 267 g/mol. The standard InChI is InChI=1S/C14H21NO2S/c1-4-15(12-13(2)3)10-11-18(16,17)14-8-6-5-7-9-14/h5-9H,2,4,10-12H2,1,3H3. The molecule has 0 heterocycles. The van der Waals surface area contributed by atoms with Gasteiger partial charge in [0.1, 0.15) is 0 Å². The number of sulfone groups is 1. The van der Waals surface area contributed by atoms with E-state index >= 15 is 0 Å². The van der Waals surface area contributed by atoms with Gasteiger partial charge in [-0.05, 0) is 25.6 Å². The van der Waals surface area contributed by atoms with Crippen LogP contribution in [0.4, 0.5) is 0 Å². The number of hydrogen-bond acceptors (Lipinski definition) is 3. The molecule has 0 saturated carbocycles. The van der Waals surface area contributed by atoms with Gasteiger partial charge in [-0.1, -0.05) is 37.3 Å². The maximum absolute atomic E-state index is 12.1. The molecule has 0 amide bonds. The van der Waals surface area contributed by atoms with Gasteiger partial charge < -0.3 is 0 Å².